The molecule has 3 aromatic rings. The summed E-state index contributed by atoms with van der Waals surface area (Å²) in [6.07, 6.45) is 4.92. The number of methoxy groups -OCH3 is 1. The molecule has 1 saturated carbocycles. The van der Waals surface area contributed by atoms with Gasteiger partial charge in [0, 0.05) is 58.5 Å². The number of aromatic nitrogens is 1. The van der Waals surface area contributed by atoms with E-state index in [1.54, 1.807) is 18.2 Å². The second-order valence-corrected chi connectivity index (χ2v) is 13.6. The monoisotopic (exact) mass is 605 g/mol. The average molecular weight is 606 g/mol. The van der Waals surface area contributed by atoms with Crippen LogP contribution in [0.5, 0.6) is 5.75 Å². The van der Waals surface area contributed by atoms with Crippen molar-refractivity contribution in [2.45, 2.75) is 69.4 Å². The van der Waals surface area contributed by atoms with Gasteiger partial charge in [-0.15, -0.1) is 0 Å². The van der Waals surface area contributed by atoms with Crippen LogP contribution in [-0.4, -0.2) is 42.5 Å². The quantitative estimate of drug-likeness (QED) is 0.274. The number of amides is 2. The van der Waals surface area contributed by atoms with Crippen LogP contribution in [0.25, 0.3) is 0 Å². The largest absolute Gasteiger partial charge is 0.495 e. The lowest BCUT2D eigenvalue weighted by Gasteiger charge is -2.39. The Morgan fingerprint density at radius 1 is 1.21 bits per heavy atom. The Labute approximate surface area is 255 Å². The zero-order valence-electron chi connectivity index (χ0n) is 24.8. The Bertz CT molecular complexity index is 1600. The molecule has 3 heterocycles. The van der Waals surface area contributed by atoms with Gasteiger partial charge in [0.2, 0.25) is 11.8 Å². The number of anilines is 2. The van der Waals surface area contributed by atoms with Gasteiger partial charge in [0.25, 0.3) is 0 Å². The first-order valence-corrected chi connectivity index (χ1v) is 15.0. The lowest BCUT2D eigenvalue weighted by molar-refractivity contribution is -0.118. The number of benzene rings is 2. The summed E-state index contributed by atoms with van der Waals surface area (Å²) in [5.41, 5.74) is 8.65. The van der Waals surface area contributed by atoms with Crippen molar-refractivity contribution < 1.29 is 18.7 Å². The maximum atomic E-state index is 16.0. The summed E-state index contributed by atoms with van der Waals surface area (Å²) in [6.45, 7) is 6.98. The second-order valence-electron chi connectivity index (χ2n) is 13.2. The van der Waals surface area contributed by atoms with Gasteiger partial charge >= 0.3 is 0 Å². The van der Waals surface area contributed by atoms with Crippen molar-refractivity contribution in [1.29, 1.82) is 0 Å². The number of pyridine rings is 1. The van der Waals surface area contributed by atoms with E-state index in [9.17, 15) is 9.59 Å². The number of halogens is 2. The molecule has 1 spiro atoms. The second kappa shape index (κ2) is 10.8. The van der Waals surface area contributed by atoms with Crippen molar-refractivity contribution in [2.24, 2.45) is 11.1 Å². The van der Waals surface area contributed by atoms with Gasteiger partial charge in [-0.25, -0.2) is 4.39 Å². The molecule has 0 bridgehead atoms. The smallest absolute Gasteiger partial charge is 0.248 e. The standard InChI is InChI=1S/C33H37ClFN5O3/c1-32(2,3)14-26-33(16-38-24-13-23(17-8-9-17)37-15-20(24)33)27(19-6-5-7-21(34)28(19)35)29(40-26)31(42)39-22-11-10-18(30(36)41)12-25(22)43-4/h5-7,10-13,15,17,26-27,29,38,40H,8-9,14,16H2,1-4H3,(H2,36,41)(H,39,42). The minimum absolute atomic E-state index is 0.00294. The number of ether oxygens (including phenoxy) is 1. The van der Waals surface area contributed by atoms with E-state index in [0.29, 0.717) is 29.5 Å². The summed E-state index contributed by atoms with van der Waals surface area (Å²) in [7, 11) is 1.45. The van der Waals surface area contributed by atoms with Crippen LogP contribution in [-0.2, 0) is 10.2 Å². The van der Waals surface area contributed by atoms with Crippen molar-refractivity contribution in [2.75, 3.05) is 24.3 Å². The number of carbonyl (C=O) groups excluding carboxylic acids is 2. The van der Waals surface area contributed by atoms with Crippen LogP contribution >= 0.6 is 11.6 Å². The van der Waals surface area contributed by atoms with Gasteiger partial charge in [0.15, 0.2) is 0 Å². The predicted octanol–water partition coefficient (Wildman–Crippen LogP) is 5.72. The molecule has 4 atom stereocenters. The molecule has 8 nitrogen and oxygen atoms in total. The number of nitrogens with zero attached hydrogens (tertiary/aromatic N) is 1. The average Bonchev–Trinajstić information content (AvgIpc) is 3.68. The molecule has 2 amide bonds. The maximum absolute atomic E-state index is 16.0. The Morgan fingerprint density at radius 2 is 1.98 bits per heavy atom. The number of rotatable bonds is 7. The number of hydrogen-bond donors (Lipinski definition) is 4. The van der Waals surface area contributed by atoms with Crippen molar-refractivity contribution >= 4 is 34.8 Å². The van der Waals surface area contributed by atoms with E-state index in [0.717, 1.165) is 36.2 Å². The molecule has 1 aliphatic carbocycles. The first kappa shape index (κ1) is 29.4. The molecule has 5 N–H and O–H groups in total. The number of primary amides is 1. The number of nitrogens with two attached hydrogens (primary N) is 1. The molecule has 1 saturated heterocycles. The van der Waals surface area contributed by atoms with Crippen LogP contribution in [0.15, 0.2) is 48.7 Å². The number of fused-ring (bicyclic) bond motifs is 2. The van der Waals surface area contributed by atoms with Crippen molar-refractivity contribution in [3.63, 3.8) is 0 Å². The van der Waals surface area contributed by atoms with Gasteiger partial charge in [-0.2, -0.15) is 0 Å². The fraction of sp³-hybridized carbons (Fsp3) is 0.424. The van der Waals surface area contributed by atoms with Crippen molar-refractivity contribution in [1.82, 2.24) is 10.3 Å². The highest BCUT2D eigenvalue weighted by Gasteiger charge is 2.62. The number of nitrogens with one attached hydrogen (secondary N) is 3. The molecule has 10 heteroatoms. The summed E-state index contributed by atoms with van der Waals surface area (Å²) in [4.78, 5) is 30.9. The normalized spacial score (nSPS) is 24.5. The molecule has 43 heavy (non-hydrogen) atoms. The summed E-state index contributed by atoms with van der Waals surface area (Å²) >= 11 is 6.35. The van der Waals surface area contributed by atoms with Gasteiger partial charge < -0.3 is 26.4 Å². The van der Waals surface area contributed by atoms with E-state index >= 15 is 4.39 Å². The fourth-order valence-corrected chi connectivity index (χ4v) is 7.13. The van der Waals surface area contributed by atoms with E-state index in [1.807, 2.05) is 6.20 Å². The molecular formula is C33H37ClFN5O3. The van der Waals surface area contributed by atoms with E-state index in [-0.39, 0.29) is 28.0 Å². The molecule has 2 aliphatic heterocycles. The Morgan fingerprint density at radius 3 is 2.65 bits per heavy atom. The van der Waals surface area contributed by atoms with E-state index in [2.05, 4.69) is 42.8 Å². The summed E-state index contributed by atoms with van der Waals surface area (Å²) < 4.78 is 21.5. The van der Waals surface area contributed by atoms with Gasteiger partial charge in [-0.05, 0) is 60.6 Å². The molecule has 6 rings (SSSR count). The summed E-state index contributed by atoms with van der Waals surface area (Å²) in [6, 6.07) is 10.7. The zero-order valence-corrected chi connectivity index (χ0v) is 25.5. The number of carbonyl (C=O) groups is 2. The van der Waals surface area contributed by atoms with Gasteiger partial charge in [-0.1, -0.05) is 44.5 Å². The minimum Gasteiger partial charge on any atom is -0.495 e. The SMILES string of the molecule is COc1cc(C(N)=O)ccc1NC(=O)C1NC(CC(C)(C)C)C2(CNc3cc(C4CC4)ncc32)C1c1cccc(Cl)c1F. The van der Waals surface area contributed by atoms with E-state index in [1.165, 1.54) is 25.3 Å². The third-order valence-corrected chi connectivity index (χ3v) is 9.34. The third-order valence-electron chi connectivity index (χ3n) is 9.04. The molecule has 226 valence electrons. The van der Waals surface area contributed by atoms with Crippen LogP contribution in [0, 0.1) is 11.2 Å². The highest BCUT2D eigenvalue weighted by Crippen LogP contribution is 2.57. The topological polar surface area (TPSA) is 118 Å². The van der Waals surface area contributed by atoms with Gasteiger partial charge in [-0.3, -0.25) is 14.6 Å². The van der Waals surface area contributed by atoms with Gasteiger partial charge in [0.05, 0.1) is 23.9 Å². The Kier molecular flexibility index (Phi) is 7.37. The Balaban J connectivity index is 1.48. The molecule has 1 aromatic heterocycles. The first-order chi connectivity index (χ1) is 20.4. The van der Waals surface area contributed by atoms with E-state index in [4.69, 9.17) is 27.1 Å². The molecular weight excluding hydrogens is 569 g/mol. The van der Waals surface area contributed by atoms with Crippen LogP contribution in [0.3, 0.4) is 0 Å². The van der Waals surface area contributed by atoms with Crippen molar-refractivity contribution in [3.05, 3.63) is 81.9 Å². The highest BCUT2D eigenvalue weighted by molar-refractivity contribution is 6.30. The fourth-order valence-electron chi connectivity index (χ4n) is 6.95. The lowest BCUT2D eigenvalue weighted by atomic mass is 9.63. The lowest BCUT2D eigenvalue weighted by Crippen LogP contribution is -2.46. The minimum atomic E-state index is -0.836. The highest BCUT2D eigenvalue weighted by atomic mass is 35.5. The molecule has 4 unspecified atom stereocenters. The predicted molar refractivity (Wildman–Crippen MR) is 165 cm³/mol. The maximum Gasteiger partial charge on any atom is 0.248 e. The van der Waals surface area contributed by atoms with Crippen LogP contribution in [0.4, 0.5) is 15.8 Å². The number of hydrogen-bond acceptors (Lipinski definition) is 6. The van der Waals surface area contributed by atoms with Crippen LogP contribution in [0.1, 0.15) is 79.0 Å². The first-order valence-electron chi connectivity index (χ1n) is 14.7. The van der Waals surface area contributed by atoms with Gasteiger partial charge in [0.1, 0.15) is 11.6 Å². The van der Waals surface area contributed by atoms with E-state index < -0.39 is 29.1 Å². The molecule has 2 aromatic carbocycles. The van der Waals surface area contributed by atoms with Crippen LogP contribution < -0.4 is 26.4 Å². The summed E-state index contributed by atoms with van der Waals surface area (Å²) in [5.74, 6) is -1.37. The molecule has 3 aliphatic rings. The zero-order chi connectivity index (χ0) is 30.7. The van der Waals surface area contributed by atoms with Crippen LogP contribution in [0.2, 0.25) is 5.02 Å². The molecule has 0 radical (unpaired) electrons. The third kappa shape index (κ3) is 5.23. The molecule has 2 fully saturated rings. The van der Waals surface area contributed by atoms with Crippen molar-refractivity contribution in [3.8, 4) is 5.75 Å². The Hall–Kier alpha value is -3.69. The summed E-state index contributed by atoms with van der Waals surface area (Å²) in [5, 5.41) is 10.2.